The van der Waals surface area contributed by atoms with Gasteiger partial charge in [-0.3, -0.25) is 4.79 Å². The van der Waals surface area contributed by atoms with E-state index >= 15 is 0 Å². The minimum absolute atomic E-state index is 0. The summed E-state index contributed by atoms with van der Waals surface area (Å²) in [6.07, 6.45) is 4.52. The van der Waals surface area contributed by atoms with E-state index in [0.29, 0.717) is 22.1 Å². The molecule has 0 N–H and O–H groups in total. The molecule has 1 aromatic carbocycles. The van der Waals surface area contributed by atoms with Crippen LogP contribution in [-0.2, 0) is 0 Å². The number of carbonyl (C=O) groups is 1. The number of rotatable bonds is 5. The van der Waals surface area contributed by atoms with Crippen LogP contribution in [0.15, 0.2) is 12.1 Å². The van der Waals surface area contributed by atoms with Gasteiger partial charge in [0.2, 0.25) is 0 Å². The summed E-state index contributed by atoms with van der Waals surface area (Å²) in [5.74, 6) is 0.939. The third-order valence-corrected chi connectivity index (χ3v) is 4.85. The standard InChI is InChI=1S/C14H17ClO3P.Li.H/c1-17-11-8-7-10(15)13(18-2)12(11)14(16)19-9-5-3-4-6-9;;/h7-8,19H,3-6H2,1-2H3;;. The number of hydrogen-bond donors (Lipinski definition) is 0. The van der Waals surface area contributed by atoms with Crippen LogP contribution in [0.3, 0.4) is 0 Å². The first kappa shape index (κ1) is 17.9. The van der Waals surface area contributed by atoms with Crippen LogP contribution in [0.1, 0.15) is 36.0 Å². The predicted octanol–water partition coefficient (Wildman–Crippen LogP) is 3.63. The van der Waals surface area contributed by atoms with Crippen LogP contribution in [0.2, 0.25) is 5.02 Å². The number of ether oxygens (including phenoxy) is 2. The topological polar surface area (TPSA) is 35.5 Å². The molecule has 1 unspecified atom stereocenters. The molecule has 0 spiro atoms. The first-order valence-electron chi connectivity index (χ1n) is 6.24. The molecule has 6 heteroatoms. The molecule has 0 bridgehead atoms. The van der Waals surface area contributed by atoms with Gasteiger partial charge in [0.05, 0.1) is 19.2 Å². The number of benzene rings is 1. The number of methoxy groups -OCH3 is 2. The normalized spacial score (nSPS) is 15.3. The Hall–Kier alpha value is -0.193. The average Bonchev–Trinajstić information content (AvgIpc) is 2.91. The molecule has 1 saturated carbocycles. The zero-order valence-corrected chi connectivity index (χ0v) is 12.8. The predicted molar refractivity (Wildman–Crippen MR) is 86.1 cm³/mol. The molecule has 0 saturated heterocycles. The summed E-state index contributed by atoms with van der Waals surface area (Å²) in [5, 5.41) is 0.438. The molecule has 1 atom stereocenters. The number of carbonyl (C=O) groups excluding carboxylic acids is 1. The van der Waals surface area contributed by atoms with E-state index in [9.17, 15) is 4.79 Å². The van der Waals surface area contributed by atoms with E-state index in [1.54, 1.807) is 19.2 Å². The Balaban J connectivity index is 0.00000200. The third kappa shape index (κ3) is 3.92. The summed E-state index contributed by atoms with van der Waals surface area (Å²) in [5.41, 5.74) is 1.86. The Morgan fingerprint density at radius 1 is 1.20 bits per heavy atom. The molecule has 1 aromatic rings. The minimum atomic E-state index is 0. The van der Waals surface area contributed by atoms with Crippen molar-refractivity contribution in [2.24, 2.45) is 0 Å². The molecule has 1 aliphatic rings. The van der Waals surface area contributed by atoms with Crippen molar-refractivity contribution < 1.29 is 14.3 Å². The third-order valence-electron chi connectivity index (χ3n) is 3.22. The molecule has 0 heterocycles. The van der Waals surface area contributed by atoms with Crippen molar-refractivity contribution in [3.8, 4) is 11.5 Å². The molecule has 1 fully saturated rings. The SMILES string of the molecule is COc1ccc(Cl)c(OC)c1C(=O)P[C]1CCCC1.[LiH]. The van der Waals surface area contributed by atoms with E-state index in [-0.39, 0.29) is 33.0 Å². The van der Waals surface area contributed by atoms with E-state index in [1.165, 1.54) is 25.6 Å². The second-order valence-corrected chi connectivity index (χ2v) is 6.24. The fourth-order valence-electron chi connectivity index (χ4n) is 2.27. The van der Waals surface area contributed by atoms with E-state index in [0.717, 1.165) is 12.8 Å². The molecule has 0 aliphatic heterocycles. The van der Waals surface area contributed by atoms with Gasteiger partial charge in [-0.05, 0) is 33.6 Å². The number of hydrogen-bond acceptors (Lipinski definition) is 3. The Kier molecular flexibility index (Phi) is 7.41. The zero-order valence-electron chi connectivity index (χ0n) is 11.1. The van der Waals surface area contributed by atoms with E-state index in [2.05, 4.69) is 0 Å². The molecular weight excluding hydrogens is 290 g/mol. The van der Waals surface area contributed by atoms with E-state index < -0.39 is 0 Å². The van der Waals surface area contributed by atoms with Crippen LogP contribution >= 0.6 is 20.2 Å². The Morgan fingerprint density at radius 2 is 1.85 bits per heavy atom. The summed E-state index contributed by atoms with van der Waals surface area (Å²) in [7, 11) is 3.26. The monoisotopic (exact) mass is 307 g/mol. The van der Waals surface area contributed by atoms with Gasteiger partial charge in [-0.1, -0.05) is 24.4 Å². The van der Waals surface area contributed by atoms with Crippen molar-refractivity contribution in [3.05, 3.63) is 28.4 Å². The second kappa shape index (κ2) is 8.30. The van der Waals surface area contributed by atoms with Crippen LogP contribution in [0, 0.1) is 5.66 Å². The van der Waals surface area contributed by atoms with Crippen molar-refractivity contribution in [1.29, 1.82) is 0 Å². The first-order chi connectivity index (χ1) is 9.17. The van der Waals surface area contributed by atoms with Gasteiger partial charge in [0.25, 0.3) is 0 Å². The van der Waals surface area contributed by atoms with E-state index in [4.69, 9.17) is 21.1 Å². The quantitative estimate of drug-likeness (QED) is 0.615. The summed E-state index contributed by atoms with van der Waals surface area (Å²) in [6, 6.07) is 3.39. The Bertz CT molecular complexity index is 476. The molecule has 2 rings (SSSR count). The summed E-state index contributed by atoms with van der Waals surface area (Å²) in [4.78, 5) is 12.5. The van der Waals surface area contributed by atoms with Gasteiger partial charge in [-0.25, -0.2) is 0 Å². The molecule has 1 aliphatic carbocycles. The fourth-order valence-corrected chi connectivity index (χ4v) is 3.79. The van der Waals surface area contributed by atoms with Gasteiger partial charge in [0, 0.05) is 5.66 Å². The maximum atomic E-state index is 12.5. The molecule has 0 aromatic heterocycles. The first-order valence-corrected chi connectivity index (χ1v) is 7.61. The summed E-state index contributed by atoms with van der Waals surface area (Å²) >= 11 is 6.08. The molecule has 1 radical (unpaired) electrons. The Morgan fingerprint density at radius 3 is 2.40 bits per heavy atom. The molecular formula is C14H18ClLiO3P. The molecule has 20 heavy (non-hydrogen) atoms. The van der Waals surface area contributed by atoms with Crippen LogP contribution in [0.4, 0.5) is 0 Å². The van der Waals surface area contributed by atoms with Crippen molar-refractivity contribution in [2.45, 2.75) is 25.7 Å². The Labute approximate surface area is 138 Å². The van der Waals surface area contributed by atoms with Gasteiger partial charge in [0.15, 0.2) is 11.3 Å². The van der Waals surface area contributed by atoms with Gasteiger partial charge >= 0.3 is 18.9 Å². The zero-order chi connectivity index (χ0) is 13.8. The number of halogens is 1. The van der Waals surface area contributed by atoms with Gasteiger partial charge < -0.3 is 9.47 Å². The van der Waals surface area contributed by atoms with Crippen LogP contribution in [0.5, 0.6) is 11.5 Å². The molecule has 3 nitrogen and oxygen atoms in total. The van der Waals surface area contributed by atoms with Crippen molar-refractivity contribution in [1.82, 2.24) is 0 Å². The molecule has 105 valence electrons. The van der Waals surface area contributed by atoms with Crippen LogP contribution < -0.4 is 9.47 Å². The average molecular weight is 308 g/mol. The van der Waals surface area contributed by atoms with Gasteiger partial charge in [-0.2, -0.15) is 0 Å². The van der Waals surface area contributed by atoms with Crippen LogP contribution in [-0.4, -0.2) is 38.6 Å². The van der Waals surface area contributed by atoms with Crippen molar-refractivity contribution in [2.75, 3.05) is 14.2 Å². The fraction of sp³-hybridized carbons (Fsp3) is 0.429. The van der Waals surface area contributed by atoms with Crippen molar-refractivity contribution >= 4 is 44.6 Å². The van der Waals surface area contributed by atoms with E-state index in [1.807, 2.05) is 0 Å². The van der Waals surface area contributed by atoms with Gasteiger partial charge in [0.1, 0.15) is 11.3 Å². The van der Waals surface area contributed by atoms with Crippen molar-refractivity contribution in [3.63, 3.8) is 0 Å². The molecule has 0 amide bonds. The van der Waals surface area contributed by atoms with Crippen LogP contribution in [0.25, 0.3) is 0 Å². The summed E-state index contributed by atoms with van der Waals surface area (Å²) in [6.45, 7) is 0. The summed E-state index contributed by atoms with van der Waals surface area (Å²) < 4.78 is 10.5. The second-order valence-electron chi connectivity index (χ2n) is 4.42. The van der Waals surface area contributed by atoms with Gasteiger partial charge in [-0.15, -0.1) is 0 Å². The maximum absolute atomic E-state index is 12.5.